The van der Waals surface area contributed by atoms with E-state index in [2.05, 4.69) is 14.8 Å². The number of benzene rings is 1. The normalized spacial score (nSPS) is 22.9. The van der Waals surface area contributed by atoms with E-state index in [1.807, 2.05) is 4.90 Å². The number of likely N-dealkylation sites (tertiary alicyclic amines) is 1. The molecule has 5 rings (SSSR count). The van der Waals surface area contributed by atoms with E-state index in [9.17, 15) is 17.6 Å². The third-order valence-corrected chi connectivity index (χ3v) is 9.43. The van der Waals surface area contributed by atoms with E-state index in [-0.39, 0.29) is 35.7 Å². The molecule has 2 aromatic rings. The van der Waals surface area contributed by atoms with E-state index in [0.29, 0.717) is 19.4 Å². The van der Waals surface area contributed by atoms with Crippen LogP contribution in [0.2, 0.25) is 0 Å². The van der Waals surface area contributed by atoms with Gasteiger partial charge in [0.2, 0.25) is 15.9 Å². The number of aromatic nitrogens is 3. The van der Waals surface area contributed by atoms with E-state index in [1.54, 1.807) is 0 Å². The van der Waals surface area contributed by atoms with Gasteiger partial charge in [0.15, 0.2) is 0 Å². The molecule has 0 bridgehead atoms. The summed E-state index contributed by atoms with van der Waals surface area (Å²) in [6, 6.07) is 5.44. The highest BCUT2D eigenvalue weighted by molar-refractivity contribution is 7.89. The zero-order valence-electron chi connectivity index (χ0n) is 19.4. The number of carbonyl (C=O) groups is 1. The summed E-state index contributed by atoms with van der Waals surface area (Å²) < 4.78 is 43.4. The molecule has 1 atom stereocenters. The number of halogens is 1. The molecule has 0 aliphatic carbocycles. The Morgan fingerprint density at radius 3 is 2.53 bits per heavy atom. The van der Waals surface area contributed by atoms with Crippen molar-refractivity contribution >= 4 is 15.9 Å². The highest BCUT2D eigenvalue weighted by Crippen LogP contribution is 2.31. The molecule has 1 aromatic carbocycles. The third kappa shape index (κ3) is 4.49. The van der Waals surface area contributed by atoms with Crippen molar-refractivity contribution in [1.82, 2.24) is 24.0 Å². The van der Waals surface area contributed by atoms with Gasteiger partial charge < -0.3 is 9.47 Å². The average molecular weight is 490 g/mol. The van der Waals surface area contributed by atoms with E-state index in [0.717, 1.165) is 62.9 Å². The van der Waals surface area contributed by atoms with Gasteiger partial charge in [-0.2, -0.15) is 4.31 Å². The molecule has 184 valence electrons. The lowest BCUT2D eigenvalue weighted by atomic mass is 9.92. The number of rotatable bonds is 4. The van der Waals surface area contributed by atoms with Crippen molar-refractivity contribution in [2.45, 2.75) is 68.7 Å². The number of piperidine rings is 2. The van der Waals surface area contributed by atoms with Gasteiger partial charge in [0.05, 0.1) is 0 Å². The van der Waals surface area contributed by atoms with Crippen LogP contribution in [0.5, 0.6) is 0 Å². The highest BCUT2D eigenvalue weighted by Gasteiger charge is 2.37. The molecule has 0 radical (unpaired) electrons. The fourth-order valence-corrected chi connectivity index (χ4v) is 7.13. The second-order valence-corrected chi connectivity index (χ2v) is 11.6. The number of nitrogens with zero attached hydrogens (tertiary/aromatic N) is 5. The topological polar surface area (TPSA) is 88.4 Å². The molecule has 2 saturated heterocycles. The Kier molecular flexibility index (Phi) is 6.70. The summed E-state index contributed by atoms with van der Waals surface area (Å²) >= 11 is 0. The van der Waals surface area contributed by atoms with Crippen LogP contribution >= 0.6 is 0 Å². The Bertz CT molecular complexity index is 1140. The van der Waals surface area contributed by atoms with Crippen LogP contribution in [0.25, 0.3) is 0 Å². The van der Waals surface area contributed by atoms with Gasteiger partial charge >= 0.3 is 0 Å². The van der Waals surface area contributed by atoms with Gasteiger partial charge in [-0.25, -0.2) is 12.8 Å². The zero-order chi connectivity index (χ0) is 23.7. The minimum absolute atomic E-state index is 0.100. The van der Waals surface area contributed by atoms with Crippen LogP contribution in [0.1, 0.15) is 62.5 Å². The van der Waals surface area contributed by atoms with E-state index < -0.39 is 15.8 Å². The summed E-state index contributed by atoms with van der Waals surface area (Å²) in [5.74, 6) is 1.43. The van der Waals surface area contributed by atoms with Gasteiger partial charge in [-0.15, -0.1) is 10.2 Å². The zero-order valence-corrected chi connectivity index (χ0v) is 20.2. The molecule has 0 N–H and O–H groups in total. The number of fused-ring (bicyclic) bond motifs is 1. The largest absolute Gasteiger partial charge is 0.342 e. The van der Waals surface area contributed by atoms with Crippen LogP contribution in [0.15, 0.2) is 29.2 Å². The maximum Gasteiger partial charge on any atom is 0.245 e. The maximum absolute atomic E-state index is 14.1. The van der Waals surface area contributed by atoms with Gasteiger partial charge in [0.25, 0.3) is 0 Å². The fourth-order valence-electron chi connectivity index (χ4n) is 5.59. The van der Waals surface area contributed by atoms with Crippen molar-refractivity contribution in [1.29, 1.82) is 0 Å². The Balaban J connectivity index is 1.22. The number of hydrogen-bond donors (Lipinski definition) is 0. The van der Waals surface area contributed by atoms with Gasteiger partial charge in [-0.3, -0.25) is 4.79 Å². The Morgan fingerprint density at radius 1 is 0.941 bits per heavy atom. The van der Waals surface area contributed by atoms with Crippen molar-refractivity contribution in [3.8, 4) is 0 Å². The lowest BCUT2D eigenvalue weighted by molar-refractivity contribution is -0.138. The van der Waals surface area contributed by atoms with Crippen LogP contribution in [-0.2, 0) is 27.8 Å². The van der Waals surface area contributed by atoms with Crippen molar-refractivity contribution in [3.05, 3.63) is 41.7 Å². The average Bonchev–Trinajstić information content (AvgIpc) is 3.12. The van der Waals surface area contributed by atoms with Crippen LogP contribution in [0, 0.1) is 11.7 Å². The summed E-state index contributed by atoms with van der Waals surface area (Å²) in [6.07, 6.45) is 7.31. The summed E-state index contributed by atoms with van der Waals surface area (Å²) in [7, 11) is -3.90. The molecule has 1 unspecified atom stereocenters. The van der Waals surface area contributed by atoms with Crippen LogP contribution in [-0.4, -0.2) is 64.5 Å². The molecule has 0 saturated carbocycles. The first kappa shape index (κ1) is 23.4. The first-order valence-corrected chi connectivity index (χ1v) is 13.8. The van der Waals surface area contributed by atoms with Crippen LogP contribution < -0.4 is 0 Å². The number of aryl methyl sites for hydroxylation is 1. The van der Waals surface area contributed by atoms with Gasteiger partial charge in [0.1, 0.15) is 22.4 Å². The maximum atomic E-state index is 14.1. The Morgan fingerprint density at radius 2 is 1.74 bits per heavy atom. The third-order valence-electron chi connectivity index (χ3n) is 7.49. The number of hydrogen-bond acceptors (Lipinski definition) is 5. The number of sulfonamides is 1. The first-order valence-electron chi connectivity index (χ1n) is 12.4. The molecule has 10 heteroatoms. The number of carbonyl (C=O) groups excluding carboxylic acids is 1. The lowest BCUT2D eigenvalue weighted by Gasteiger charge is -2.37. The minimum atomic E-state index is -3.90. The van der Waals surface area contributed by atoms with Crippen LogP contribution in [0.3, 0.4) is 0 Å². The van der Waals surface area contributed by atoms with E-state index in [4.69, 9.17) is 0 Å². The molecule has 34 heavy (non-hydrogen) atoms. The molecular weight excluding hydrogens is 457 g/mol. The van der Waals surface area contributed by atoms with E-state index in [1.165, 1.54) is 28.9 Å². The minimum Gasteiger partial charge on any atom is -0.342 e. The molecule has 1 amide bonds. The molecule has 3 aliphatic rings. The monoisotopic (exact) mass is 489 g/mol. The summed E-state index contributed by atoms with van der Waals surface area (Å²) in [6.45, 7) is 2.77. The van der Waals surface area contributed by atoms with Crippen molar-refractivity contribution in [2.75, 3.05) is 26.2 Å². The highest BCUT2D eigenvalue weighted by atomic mass is 32.2. The van der Waals surface area contributed by atoms with Gasteiger partial charge in [-0.1, -0.05) is 18.6 Å². The molecule has 8 nitrogen and oxygen atoms in total. The summed E-state index contributed by atoms with van der Waals surface area (Å²) in [4.78, 5) is 15.0. The second-order valence-electron chi connectivity index (χ2n) is 9.67. The predicted octanol–water partition coefficient (Wildman–Crippen LogP) is 2.95. The lowest BCUT2D eigenvalue weighted by Crippen LogP contribution is -2.47. The standard InChI is InChI=1S/C24H32FN5O3S/c25-20-8-3-4-9-21(20)34(32,33)29-15-11-18(12-16-29)24(31)28-13-6-7-19(17-28)23-27-26-22-10-2-1-5-14-30(22)23/h3-4,8-9,18-19H,1-2,5-7,10-17H2. The van der Waals surface area contributed by atoms with Gasteiger partial charge in [0, 0.05) is 51.0 Å². The van der Waals surface area contributed by atoms with Crippen LogP contribution in [0.4, 0.5) is 4.39 Å². The molecule has 4 heterocycles. The quantitative estimate of drug-likeness (QED) is 0.659. The Hall–Kier alpha value is -2.33. The SMILES string of the molecule is O=C(C1CCN(S(=O)(=O)c2ccccc2F)CC1)N1CCCC(c2nnc3n2CCCCC3)C1. The van der Waals surface area contributed by atoms with Crippen molar-refractivity contribution < 1.29 is 17.6 Å². The Labute approximate surface area is 200 Å². The molecule has 0 spiro atoms. The van der Waals surface area contributed by atoms with E-state index >= 15 is 0 Å². The molecule has 3 aliphatic heterocycles. The van der Waals surface area contributed by atoms with Crippen molar-refractivity contribution in [3.63, 3.8) is 0 Å². The summed E-state index contributed by atoms with van der Waals surface area (Å²) in [5, 5.41) is 8.95. The predicted molar refractivity (Wildman–Crippen MR) is 124 cm³/mol. The fraction of sp³-hybridized carbons (Fsp3) is 0.625. The molecule has 2 fully saturated rings. The number of amides is 1. The summed E-state index contributed by atoms with van der Waals surface area (Å²) in [5.41, 5.74) is 0. The second kappa shape index (κ2) is 9.73. The van der Waals surface area contributed by atoms with Crippen molar-refractivity contribution in [2.24, 2.45) is 5.92 Å². The molecular formula is C24H32FN5O3S. The van der Waals surface area contributed by atoms with Gasteiger partial charge in [-0.05, 0) is 50.7 Å². The smallest absolute Gasteiger partial charge is 0.245 e. The molecule has 1 aromatic heterocycles. The first-order chi connectivity index (χ1) is 16.4.